The first-order valence-corrected chi connectivity index (χ1v) is 9.37. The Hall–Kier alpha value is -1.50. The Morgan fingerprint density at radius 1 is 0.833 bits per heavy atom. The third kappa shape index (κ3) is 8.96. The summed E-state index contributed by atoms with van der Waals surface area (Å²) < 4.78 is 0. The van der Waals surface area contributed by atoms with E-state index in [-0.39, 0.29) is 11.5 Å². The van der Waals surface area contributed by atoms with Crippen LogP contribution in [-0.2, 0) is 19.2 Å². The molecule has 0 fully saturated rings. The maximum atomic E-state index is 11.6. The lowest BCUT2D eigenvalue weighted by Crippen LogP contribution is -2.48. The van der Waals surface area contributed by atoms with Crippen LogP contribution in [0.2, 0.25) is 0 Å². The molecule has 10 nitrogen and oxygen atoms in total. The van der Waals surface area contributed by atoms with Gasteiger partial charge in [-0.05, 0) is 13.8 Å². The lowest BCUT2D eigenvalue weighted by molar-refractivity contribution is -0.141. The molecule has 138 valence electrons. The van der Waals surface area contributed by atoms with Crippen LogP contribution in [0.4, 0.5) is 0 Å². The highest BCUT2D eigenvalue weighted by Gasteiger charge is 2.21. The molecule has 4 atom stereocenters. The molecule has 0 heterocycles. The molecule has 0 aromatic carbocycles. The molecule has 0 aliphatic carbocycles. The van der Waals surface area contributed by atoms with Crippen molar-refractivity contribution in [2.75, 3.05) is 11.5 Å². The van der Waals surface area contributed by atoms with E-state index in [2.05, 4.69) is 10.6 Å². The second-order valence-corrected chi connectivity index (χ2v) is 7.47. The van der Waals surface area contributed by atoms with Crippen LogP contribution in [0, 0.1) is 0 Å². The van der Waals surface area contributed by atoms with Gasteiger partial charge in [0.2, 0.25) is 11.8 Å². The van der Waals surface area contributed by atoms with Gasteiger partial charge in [0.05, 0.1) is 12.1 Å². The van der Waals surface area contributed by atoms with Gasteiger partial charge in [0.15, 0.2) is 0 Å². The second kappa shape index (κ2) is 11.1. The molecule has 8 N–H and O–H groups in total. The van der Waals surface area contributed by atoms with Crippen LogP contribution < -0.4 is 22.1 Å². The number of amides is 2. The average Bonchev–Trinajstić information content (AvgIpc) is 2.50. The van der Waals surface area contributed by atoms with Crippen molar-refractivity contribution < 1.29 is 29.4 Å². The summed E-state index contributed by atoms with van der Waals surface area (Å²) in [5.74, 6) is -3.10. The van der Waals surface area contributed by atoms with Gasteiger partial charge in [-0.25, -0.2) is 0 Å². The summed E-state index contributed by atoms with van der Waals surface area (Å²) in [5, 5.41) is 21.9. The van der Waals surface area contributed by atoms with Gasteiger partial charge in [-0.15, -0.1) is 0 Å². The Bertz CT molecular complexity index is 436. The van der Waals surface area contributed by atoms with E-state index in [9.17, 15) is 19.2 Å². The minimum atomic E-state index is -1.16. The van der Waals surface area contributed by atoms with Gasteiger partial charge in [0.1, 0.15) is 12.1 Å². The molecular weight excluding hydrogens is 360 g/mol. The van der Waals surface area contributed by atoms with E-state index in [1.807, 2.05) is 0 Å². The van der Waals surface area contributed by atoms with Gasteiger partial charge in [0.25, 0.3) is 0 Å². The number of nitrogens with two attached hydrogens (primary N) is 2. The largest absolute Gasteiger partial charge is 0.480 e. The third-order valence-corrected chi connectivity index (χ3v) is 5.18. The molecule has 0 rings (SSSR count). The summed E-state index contributed by atoms with van der Waals surface area (Å²) in [5.41, 5.74) is 11.3. The van der Waals surface area contributed by atoms with Crippen LogP contribution in [0.25, 0.3) is 0 Å². The fourth-order valence-corrected chi connectivity index (χ4v) is 3.40. The van der Waals surface area contributed by atoms with Gasteiger partial charge < -0.3 is 32.3 Å². The first kappa shape index (κ1) is 22.5. The van der Waals surface area contributed by atoms with E-state index in [1.165, 1.54) is 35.4 Å². The van der Waals surface area contributed by atoms with E-state index in [0.717, 1.165) is 0 Å². The summed E-state index contributed by atoms with van der Waals surface area (Å²) >= 11 is 0. The van der Waals surface area contributed by atoms with Crippen LogP contribution in [0.1, 0.15) is 13.8 Å². The highest BCUT2D eigenvalue weighted by Crippen LogP contribution is 2.22. The molecule has 24 heavy (non-hydrogen) atoms. The first-order valence-electron chi connectivity index (χ1n) is 6.88. The minimum Gasteiger partial charge on any atom is -0.480 e. The molecule has 2 amide bonds. The van der Waals surface area contributed by atoms with Gasteiger partial charge in [-0.3, -0.25) is 19.2 Å². The maximum Gasteiger partial charge on any atom is 0.325 e. The van der Waals surface area contributed by atoms with Gasteiger partial charge in [-0.1, -0.05) is 21.6 Å². The minimum absolute atomic E-state index is 0.197. The van der Waals surface area contributed by atoms with E-state index in [0.29, 0.717) is 0 Å². The van der Waals surface area contributed by atoms with E-state index >= 15 is 0 Å². The summed E-state index contributed by atoms with van der Waals surface area (Å²) in [7, 11) is 2.41. The number of carbonyl (C=O) groups is 4. The fraction of sp³-hybridized carbons (Fsp3) is 0.667. The van der Waals surface area contributed by atoms with Crippen molar-refractivity contribution in [1.29, 1.82) is 0 Å². The summed E-state index contributed by atoms with van der Waals surface area (Å²) in [6.45, 7) is 2.65. The van der Waals surface area contributed by atoms with Crippen molar-refractivity contribution in [1.82, 2.24) is 10.6 Å². The SMILES string of the molecule is C[C@H](NC(=O)[C@@H](N)CSSC[C@@H](N)C(=O)N[C@H](C)C(=O)O)C(=O)O. The Kier molecular flexibility index (Phi) is 10.4. The quantitative estimate of drug-likeness (QED) is 0.176. The number of aliphatic carboxylic acids is 2. The molecule has 12 heteroatoms. The monoisotopic (exact) mass is 382 g/mol. The average molecular weight is 382 g/mol. The van der Waals surface area contributed by atoms with Crippen LogP contribution in [0.15, 0.2) is 0 Å². The maximum absolute atomic E-state index is 11.6. The zero-order chi connectivity index (χ0) is 18.9. The van der Waals surface area contributed by atoms with Gasteiger partial charge >= 0.3 is 11.9 Å². The topological polar surface area (TPSA) is 185 Å². The number of hydrogen-bond donors (Lipinski definition) is 6. The zero-order valence-corrected chi connectivity index (χ0v) is 14.9. The van der Waals surface area contributed by atoms with E-state index in [4.69, 9.17) is 21.7 Å². The number of rotatable bonds is 11. The number of carboxylic acid groups (broad SMARTS) is 2. The Morgan fingerprint density at radius 2 is 1.12 bits per heavy atom. The highest BCUT2D eigenvalue weighted by molar-refractivity contribution is 8.76. The van der Waals surface area contributed by atoms with Crippen LogP contribution in [0.3, 0.4) is 0 Å². The molecule has 0 unspecified atom stereocenters. The smallest absolute Gasteiger partial charge is 0.325 e. The molecule has 0 aliphatic heterocycles. The van der Waals surface area contributed by atoms with Gasteiger partial charge in [0, 0.05) is 11.5 Å². The Morgan fingerprint density at radius 3 is 1.38 bits per heavy atom. The number of carboxylic acids is 2. The summed E-state index contributed by atoms with van der Waals surface area (Å²) in [4.78, 5) is 44.5. The molecule has 0 aromatic heterocycles. The highest BCUT2D eigenvalue weighted by atomic mass is 33.1. The van der Waals surface area contributed by atoms with Crippen LogP contribution in [-0.4, -0.2) is 69.6 Å². The normalized spacial score (nSPS) is 15.7. The van der Waals surface area contributed by atoms with E-state index in [1.54, 1.807) is 0 Å². The predicted octanol–water partition coefficient (Wildman–Crippen LogP) is -1.80. The molecular formula is C12H22N4O6S2. The number of nitrogens with one attached hydrogen (secondary N) is 2. The van der Waals surface area contributed by atoms with Crippen molar-refractivity contribution in [3.63, 3.8) is 0 Å². The summed E-state index contributed by atoms with van der Waals surface area (Å²) in [6, 6.07) is -3.87. The lowest BCUT2D eigenvalue weighted by Gasteiger charge is -2.16. The molecule has 0 bridgehead atoms. The molecule has 0 aromatic rings. The summed E-state index contributed by atoms with van der Waals surface area (Å²) in [6.07, 6.45) is 0. The first-order chi connectivity index (χ1) is 11.1. The Labute approximate surface area is 146 Å². The molecule has 0 saturated heterocycles. The van der Waals surface area contributed by atoms with Crippen LogP contribution in [0.5, 0.6) is 0 Å². The van der Waals surface area contributed by atoms with Gasteiger partial charge in [-0.2, -0.15) is 0 Å². The standard InChI is InChI=1S/C12H22N4O6S2/c1-5(11(19)20)15-9(17)7(13)3-23-24-4-8(14)10(18)16-6(2)12(21)22/h5-8H,3-4,13-14H2,1-2H3,(H,15,17)(H,16,18)(H,19,20)(H,21,22)/t5-,6+,7-,8+. The zero-order valence-electron chi connectivity index (χ0n) is 13.2. The van der Waals surface area contributed by atoms with Crippen molar-refractivity contribution in [2.45, 2.75) is 38.0 Å². The third-order valence-electron chi connectivity index (χ3n) is 2.71. The molecule has 0 saturated carbocycles. The molecule has 0 aliphatic rings. The lowest BCUT2D eigenvalue weighted by atomic mass is 10.3. The molecule has 0 radical (unpaired) electrons. The predicted molar refractivity (Wildman–Crippen MR) is 91.3 cm³/mol. The number of hydrogen-bond acceptors (Lipinski definition) is 8. The fourth-order valence-electron chi connectivity index (χ4n) is 1.16. The van der Waals surface area contributed by atoms with E-state index < -0.39 is 47.9 Å². The Balaban J connectivity index is 4.03. The van der Waals surface area contributed by atoms with Crippen molar-refractivity contribution in [3.05, 3.63) is 0 Å². The molecule has 0 spiro atoms. The van der Waals surface area contributed by atoms with Crippen molar-refractivity contribution >= 4 is 45.3 Å². The van der Waals surface area contributed by atoms with Crippen molar-refractivity contribution in [3.8, 4) is 0 Å². The van der Waals surface area contributed by atoms with Crippen molar-refractivity contribution in [2.24, 2.45) is 11.5 Å². The number of carbonyl (C=O) groups excluding carboxylic acids is 2. The second-order valence-electron chi connectivity index (χ2n) is 4.92. The van der Waals surface area contributed by atoms with Crippen LogP contribution >= 0.6 is 21.6 Å².